The lowest BCUT2D eigenvalue weighted by molar-refractivity contribution is 0.747. The summed E-state index contributed by atoms with van der Waals surface area (Å²) in [6.45, 7) is 7.50. The molecule has 78 valence electrons. The van der Waals surface area contributed by atoms with Gasteiger partial charge in [0.05, 0.1) is 0 Å². The van der Waals surface area contributed by atoms with Crippen molar-refractivity contribution < 1.29 is 0 Å². The molecule has 1 heteroatoms. The average Bonchev–Trinajstić information content (AvgIpc) is 2.47. The second-order valence-corrected chi connectivity index (χ2v) is 4.13. The van der Waals surface area contributed by atoms with Crippen LogP contribution < -0.4 is 0 Å². The summed E-state index contributed by atoms with van der Waals surface area (Å²) in [5.74, 6) is 0. The van der Waals surface area contributed by atoms with E-state index in [0.29, 0.717) is 0 Å². The molecular formula is C14H17N. The predicted molar refractivity (Wildman–Crippen MR) is 64.2 cm³/mol. The first-order valence-corrected chi connectivity index (χ1v) is 5.36. The van der Waals surface area contributed by atoms with Crippen LogP contribution in [-0.4, -0.2) is 4.57 Å². The van der Waals surface area contributed by atoms with Gasteiger partial charge in [0.1, 0.15) is 0 Å². The van der Waals surface area contributed by atoms with E-state index in [2.05, 4.69) is 61.7 Å². The third-order valence-electron chi connectivity index (χ3n) is 3.01. The van der Waals surface area contributed by atoms with E-state index in [9.17, 15) is 0 Å². The van der Waals surface area contributed by atoms with Crippen molar-refractivity contribution in [2.75, 3.05) is 0 Å². The zero-order valence-corrected chi connectivity index (χ0v) is 9.62. The van der Waals surface area contributed by atoms with E-state index >= 15 is 0 Å². The highest BCUT2D eigenvalue weighted by atomic mass is 15.0. The van der Waals surface area contributed by atoms with Crippen LogP contribution in [-0.2, 0) is 6.54 Å². The lowest BCUT2D eigenvalue weighted by atomic mass is 10.2. The van der Waals surface area contributed by atoms with Crippen LogP contribution >= 0.6 is 0 Å². The molecule has 1 aromatic carbocycles. The molecule has 15 heavy (non-hydrogen) atoms. The molecule has 1 nitrogen and oxygen atoms in total. The lowest BCUT2D eigenvalue weighted by Gasteiger charge is -2.09. The summed E-state index contributed by atoms with van der Waals surface area (Å²) in [6, 6.07) is 12.8. The summed E-state index contributed by atoms with van der Waals surface area (Å²) < 4.78 is 2.37. The van der Waals surface area contributed by atoms with Gasteiger partial charge in [0.2, 0.25) is 0 Å². The van der Waals surface area contributed by atoms with Gasteiger partial charge in [0, 0.05) is 17.9 Å². The monoisotopic (exact) mass is 199 g/mol. The highest BCUT2D eigenvalue weighted by Gasteiger charge is 2.05. The Labute approximate surface area is 91.4 Å². The normalized spacial score (nSPS) is 10.6. The van der Waals surface area contributed by atoms with Crippen LogP contribution in [0.2, 0.25) is 0 Å². The SMILES string of the molecule is Cc1cc(C)n(Cc2ccccc2)c1C. The first-order chi connectivity index (χ1) is 7.18. The molecule has 1 aromatic heterocycles. The van der Waals surface area contributed by atoms with E-state index in [1.165, 1.54) is 22.5 Å². The Balaban J connectivity index is 2.32. The number of aromatic nitrogens is 1. The molecule has 0 saturated carbocycles. The van der Waals surface area contributed by atoms with E-state index in [1.807, 2.05) is 0 Å². The van der Waals surface area contributed by atoms with Crippen molar-refractivity contribution in [1.82, 2.24) is 4.57 Å². The smallest absolute Gasteiger partial charge is 0.0475 e. The molecule has 2 rings (SSSR count). The summed E-state index contributed by atoms with van der Waals surface area (Å²) in [5.41, 5.74) is 5.45. The van der Waals surface area contributed by atoms with Gasteiger partial charge in [-0.1, -0.05) is 30.3 Å². The summed E-state index contributed by atoms with van der Waals surface area (Å²) in [5, 5.41) is 0. The zero-order chi connectivity index (χ0) is 10.8. The van der Waals surface area contributed by atoms with Gasteiger partial charge in [-0.05, 0) is 38.0 Å². The fourth-order valence-corrected chi connectivity index (χ4v) is 1.98. The van der Waals surface area contributed by atoms with Crippen LogP contribution in [0.1, 0.15) is 22.5 Å². The van der Waals surface area contributed by atoms with Gasteiger partial charge in [-0.2, -0.15) is 0 Å². The highest BCUT2D eigenvalue weighted by Crippen LogP contribution is 2.15. The van der Waals surface area contributed by atoms with E-state index in [4.69, 9.17) is 0 Å². The largest absolute Gasteiger partial charge is 0.345 e. The van der Waals surface area contributed by atoms with E-state index < -0.39 is 0 Å². The van der Waals surface area contributed by atoms with Gasteiger partial charge in [-0.25, -0.2) is 0 Å². The lowest BCUT2D eigenvalue weighted by Crippen LogP contribution is -2.03. The van der Waals surface area contributed by atoms with Gasteiger partial charge in [-0.3, -0.25) is 0 Å². The summed E-state index contributed by atoms with van der Waals surface area (Å²) in [6.07, 6.45) is 0. The van der Waals surface area contributed by atoms with Crippen molar-refractivity contribution in [2.24, 2.45) is 0 Å². The average molecular weight is 199 g/mol. The summed E-state index contributed by atoms with van der Waals surface area (Å²) >= 11 is 0. The fourth-order valence-electron chi connectivity index (χ4n) is 1.98. The Morgan fingerprint density at radius 3 is 2.20 bits per heavy atom. The molecule has 0 aliphatic heterocycles. The topological polar surface area (TPSA) is 4.93 Å². The Bertz CT molecular complexity index is 452. The summed E-state index contributed by atoms with van der Waals surface area (Å²) in [4.78, 5) is 0. The predicted octanol–water partition coefficient (Wildman–Crippen LogP) is 3.46. The van der Waals surface area contributed by atoms with E-state index in [1.54, 1.807) is 0 Å². The van der Waals surface area contributed by atoms with Crippen molar-refractivity contribution >= 4 is 0 Å². The molecule has 0 radical (unpaired) electrons. The number of rotatable bonds is 2. The zero-order valence-electron chi connectivity index (χ0n) is 9.62. The molecule has 1 heterocycles. The molecule has 0 fully saturated rings. The van der Waals surface area contributed by atoms with E-state index in [0.717, 1.165) is 6.54 Å². The Kier molecular flexibility index (Phi) is 2.63. The molecular weight excluding hydrogens is 182 g/mol. The maximum Gasteiger partial charge on any atom is 0.0475 e. The van der Waals surface area contributed by atoms with Crippen molar-refractivity contribution in [3.05, 3.63) is 58.9 Å². The van der Waals surface area contributed by atoms with Crippen LogP contribution in [0.25, 0.3) is 0 Å². The molecule has 0 unspecified atom stereocenters. The number of nitrogens with zero attached hydrogens (tertiary/aromatic N) is 1. The second kappa shape index (κ2) is 3.93. The molecule has 0 amide bonds. The van der Waals surface area contributed by atoms with Gasteiger partial charge in [0.25, 0.3) is 0 Å². The van der Waals surface area contributed by atoms with Crippen LogP contribution in [0.3, 0.4) is 0 Å². The van der Waals surface area contributed by atoms with Gasteiger partial charge >= 0.3 is 0 Å². The van der Waals surface area contributed by atoms with Crippen molar-refractivity contribution in [2.45, 2.75) is 27.3 Å². The molecule has 2 aromatic rings. The Morgan fingerprint density at radius 1 is 1.00 bits per heavy atom. The van der Waals surface area contributed by atoms with Crippen LogP contribution in [0, 0.1) is 20.8 Å². The highest BCUT2D eigenvalue weighted by molar-refractivity contribution is 5.27. The maximum absolute atomic E-state index is 2.37. The van der Waals surface area contributed by atoms with Crippen LogP contribution in [0.5, 0.6) is 0 Å². The summed E-state index contributed by atoms with van der Waals surface area (Å²) in [7, 11) is 0. The minimum absolute atomic E-state index is 0.979. The number of hydrogen-bond donors (Lipinski definition) is 0. The number of benzene rings is 1. The first kappa shape index (κ1) is 10.0. The van der Waals surface area contributed by atoms with Gasteiger partial charge < -0.3 is 4.57 Å². The third kappa shape index (κ3) is 1.96. The Morgan fingerprint density at radius 2 is 1.67 bits per heavy atom. The third-order valence-corrected chi connectivity index (χ3v) is 3.01. The molecule has 0 atom stereocenters. The maximum atomic E-state index is 2.37. The molecule has 0 aliphatic carbocycles. The standard InChI is InChI=1S/C14H17N/c1-11-9-12(2)15(13(11)3)10-14-7-5-4-6-8-14/h4-9H,10H2,1-3H3. The van der Waals surface area contributed by atoms with E-state index in [-0.39, 0.29) is 0 Å². The van der Waals surface area contributed by atoms with Gasteiger partial charge in [-0.15, -0.1) is 0 Å². The minimum atomic E-state index is 0.979. The quantitative estimate of drug-likeness (QED) is 0.698. The molecule has 0 N–H and O–H groups in total. The molecule has 0 saturated heterocycles. The number of hydrogen-bond acceptors (Lipinski definition) is 0. The van der Waals surface area contributed by atoms with Gasteiger partial charge in [0.15, 0.2) is 0 Å². The second-order valence-electron chi connectivity index (χ2n) is 4.13. The van der Waals surface area contributed by atoms with Crippen LogP contribution in [0.15, 0.2) is 36.4 Å². The molecule has 0 spiro atoms. The minimum Gasteiger partial charge on any atom is -0.345 e. The van der Waals surface area contributed by atoms with Crippen LogP contribution in [0.4, 0.5) is 0 Å². The number of aryl methyl sites for hydroxylation is 2. The van der Waals surface area contributed by atoms with Crippen molar-refractivity contribution in [3.8, 4) is 0 Å². The van der Waals surface area contributed by atoms with Crippen molar-refractivity contribution in [3.63, 3.8) is 0 Å². The molecule has 0 aliphatic rings. The van der Waals surface area contributed by atoms with Crippen molar-refractivity contribution in [1.29, 1.82) is 0 Å². The first-order valence-electron chi connectivity index (χ1n) is 5.36. The Hall–Kier alpha value is -1.50. The molecule has 0 bridgehead atoms. The fraction of sp³-hybridized carbons (Fsp3) is 0.286.